The van der Waals surface area contributed by atoms with Crippen LogP contribution in [-0.4, -0.2) is 22.8 Å². The van der Waals surface area contributed by atoms with Crippen LogP contribution >= 0.6 is 11.6 Å². The van der Waals surface area contributed by atoms with Crippen molar-refractivity contribution in [3.63, 3.8) is 0 Å². The van der Waals surface area contributed by atoms with E-state index in [2.05, 4.69) is 10.3 Å². The van der Waals surface area contributed by atoms with Crippen LogP contribution in [0.2, 0.25) is 0 Å². The molecular formula is C13H17ClN2O2. The lowest BCUT2D eigenvalue weighted by Crippen LogP contribution is -2.44. The summed E-state index contributed by atoms with van der Waals surface area (Å²) in [5.41, 5.74) is -0.0964. The van der Waals surface area contributed by atoms with E-state index in [1.807, 2.05) is 0 Å². The fourth-order valence-electron chi connectivity index (χ4n) is 2.42. The van der Waals surface area contributed by atoms with Crippen LogP contribution in [0, 0.1) is 5.92 Å². The van der Waals surface area contributed by atoms with Crippen LogP contribution in [-0.2, 0) is 0 Å². The molecule has 5 heteroatoms. The second-order valence-electron chi connectivity index (χ2n) is 4.70. The van der Waals surface area contributed by atoms with Crippen molar-refractivity contribution >= 4 is 17.5 Å². The maximum Gasteiger partial charge on any atom is 0.256 e. The Hall–Kier alpha value is -1.29. The third kappa shape index (κ3) is 2.93. The van der Waals surface area contributed by atoms with Gasteiger partial charge < -0.3 is 10.3 Å². The molecule has 1 saturated carbocycles. The average molecular weight is 269 g/mol. The minimum absolute atomic E-state index is 0.0864. The molecule has 0 aromatic carbocycles. The zero-order chi connectivity index (χ0) is 13.0. The number of carbonyl (C=O) groups is 1. The van der Waals surface area contributed by atoms with Crippen LogP contribution in [0.3, 0.4) is 0 Å². The Bertz CT molecular complexity index is 472. The minimum Gasteiger partial charge on any atom is -0.367 e. The van der Waals surface area contributed by atoms with Crippen LogP contribution in [0.4, 0.5) is 0 Å². The molecule has 4 nitrogen and oxygen atoms in total. The van der Waals surface area contributed by atoms with E-state index in [1.165, 1.54) is 18.5 Å². The summed E-state index contributed by atoms with van der Waals surface area (Å²) >= 11 is 5.92. The number of hydrogen-bond acceptors (Lipinski definition) is 2. The number of H-pyrrole nitrogens is 1. The van der Waals surface area contributed by atoms with Crippen molar-refractivity contribution in [3.8, 4) is 0 Å². The Balaban J connectivity index is 2.07. The van der Waals surface area contributed by atoms with Crippen LogP contribution in [0.25, 0.3) is 0 Å². The lowest BCUT2D eigenvalue weighted by atomic mass is 9.85. The van der Waals surface area contributed by atoms with Crippen LogP contribution in [0.15, 0.2) is 23.3 Å². The molecule has 1 fully saturated rings. The number of aromatic amines is 1. The summed E-state index contributed by atoms with van der Waals surface area (Å²) in [5.74, 6) is 0.557. The van der Waals surface area contributed by atoms with E-state index >= 15 is 0 Å². The van der Waals surface area contributed by atoms with Crippen LogP contribution in [0.1, 0.15) is 36.0 Å². The van der Waals surface area contributed by atoms with E-state index in [4.69, 9.17) is 11.6 Å². The van der Waals surface area contributed by atoms with E-state index in [-0.39, 0.29) is 22.9 Å². The second kappa shape index (κ2) is 6.05. The van der Waals surface area contributed by atoms with E-state index < -0.39 is 0 Å². The van der Waals surface area contributed by atoms with Gasteiger partial charge in [-0.25, -0.2) is 0 Å². The quantitative estimate of drug-likeness (QED) is 0.823. The third-order valence-corrected chi connectivity index (χ3v) is 3.89. The van der Waals surface area contributed by atoms with Gasteiger partial charge >= 0.3 is 0 Å². The fraction of sp³-hybridized carbons (Fsp3) is 0.538. The summed E-state index contributed by atoms with van der Waals surface area (Å²) in [6.45, 7) is 0. The van der Waals surface area contributed by atoms with Gasteiger partial charge in [0.25, 0.3) is 5.91 Å². The lowest BCUT2D eigenvalue weighted by Gasteiger charge is -2.30. The number of halogens is 1. The second-order valence-corrected chi connectivity index (χ2v) is 5.01. The molecule has 2 rings (SSSR count). The molecule has 1 heterocycles. The highest BCUT2D eigenvalue weighted by molar-refractivity contribution is 6.18. The van der Waals surface area contributed by atoms with E-state index in [9.17, 15) is 9.59 Å². The molecule has 0 spiro atoms. The number of aromatic nitrogens is 1. The van der Waals surface area contributed by atoms with Crippen LogP contribution in [0.5, 0.6) is 0 Å². The van der Waals surface area contributed by atoms with Gasteiger partial charge in [-0.05, 0) is 18.8 Å². The normalized spacial score (nSPS) is 23.6. The van der Waals surface area contributed by atoms with Gasteiger partial charge in [0, 0.05) is 30.4 Å². The molecule has 1 aliphatic carbocycles. The van der Waals surface area contributed by atoms with Gasteiger partial charge in [-0.2, -0.15) is 0 Å². The third-order valence-electron chi connectivity index (χ3n) is 3.49. The Morgan fingerprint density at radius 3 is 2.94 bits per heavy atom. The highest BCUT2D eigenvalue weighted by Gasteiger charge is 2.26. The molecule has 2 unspecified atom stereocenters. The first-order valence-corrected chi connectivity index (χ1v) is 6.79. The van der Waals surface area contributed by atoms with Crippen molar-refractivity contribution in [3.05, 3.63) is 34.2 Å². The van der Waals surface area contributed by atoms with Gasteiger partial charge in [0.1, 0.15) is 5.56 Å². The summed E-state index contributed by atoms with van der Waals surface area (Å²) in [6, 6.07) is 1.44. The summed E-state index contributed by atoms with van der Waals surface area (Å²) in [7, 11) is 0. The predicted octanol–water partition coefficient (Wildman–Crippen LogP) is 1.90. The van der Waals surface area contributed by atoms with Crippen molar-refractivity contribution in [2.45, 2.75) is 31.7 Å². The zero-order valence-corrected chi connectivity index (χ0v) is 10.9. The number of rotatable bonds is 3. The Labute approximate surface area is 111 Å². The standard InChI is InChI=1S/C13H17ClN2O2/c14-7-9-3-1-2-4-11(9)16-13(18)10-8-15-6-5-12(10)17/h5-6,8-9,11H,1-4,7H2,(H,15,17)(H,16,18). The lowest BCUT2D eigenvalue weighted by molar-refractivity contribution is 0.0909. The highest BCUT2D eigenvalue weighted by atomic mass is 35.5. The van der Waals surface area contributed by atoms with Crippen molar-refractivity contribution < 1.29 is 4.79 Å². The molecule has 98 valence electrons. The van der Waals surface area contributed by atoms with Gasteiger partial charge in [0.2, 0.25) is 0 Å². The van der Waals surface area contributed by atoms with Crippen LogP contribution < -0.4 is 10.7 Å². The van der Waals surface area contributed by atoms with Crippen molar-refractivity contribution in [1.29, 1.82) is 0 Å². The Kier molecular flexibility index (Phi) is 4.42. The minimum atomic E-state index is -0.307. The number of amides is 1. The largest absolute Gasteiger partial charge is 0.367 e. The van der Waals surface area contributed by atoms with Crippen molar-refractivity contribution in [1.82, 2.24) is 10.3 Å². The van der Waals surface area contributed by atoms with Gasteiger partial charge in [-0.3, -0.25) is 9.59 Å². The number of nitrogens with one attached hydrogen (secondary N) is 2. The summed E-state index contributed by atoms with van der Waals surface area (Å²) < 4.78 is 0. The SMILES string of the molecule is O=C(NC1CCCCC1CCl)c1c[nH]ccc1=O. The van der Waals surface area contributed by atoms with E-state index in [1.54, 1.807) is 0 Å². The first-order valence-electron chi connectivity index (χ1n) is 6.26. The van der Waals surface area contributed by atoms with Crippen molar-refractivity contribution in [2.24, 2.45) is 5.92 Å². The monoisotopic (exact) mass is 268 g/mol. The molecule has 1 amide bonds. The molecular weight excluding hydrogens is 252 g/mol. The first kappa shape index (κ1) is 13.1. The van der Waals surface area contributed by atoms with Gasteiger partial charge in [-0.15, -0.1) is 11.6 Å². The molecule has 1 aliphatic rings. The van der Waals surface area contributed by atoms with Crippen molar-refractivity contribution in [2.75, 3.05) is 5.88 Å². The molecule has 0 bridgehead atoms. The predicted molar refractivity (Wildman–Crippen MR) is 71.0 cm³/mol. The van der Waals surface area contributed by atoms with E-state index in [0.29, 0.717) is 11.8 Å². The van der Waals surface area contributed by atoms with Gasteiger partial charge in [-0.1, -0.05) is 12.8 Å². The number of alkyl halides is 1. The average Bonchev–Trinajstić information content (AvgIpc) is 2.39. The molecule has 2 N–H and O–H groups in total. The molecule has 0 radical (unpaired) electrons. The fourth-order valence-corrected chi connectivity index (χ4v) is 2.79. The number of pyridine rings is 1. The molecule has 0 saturated heterocycles. The summed E-state index contributed by atoms with van der Waals surface area (Å²) in [4.78, 5) is 26.3. The summed E-state index contributed by atoms with van der Waals surface area (Å²) in [5, 5.41) is 2.93. The summed E-state index contributed by atoms with van der Waals surface area (Å²) in [6.07, 6.45) is 7.20. The maximum absolute atomic E-state index is 12.0. The zero-order valence-electron chi connectivity index (χ0n) is 10.1. The number of carbonyl (C=O) groups excluding carboxylic acids is 1. The Morgan fingerprint density at radius 2 is 2.22 bits per heavy atom. The van der Waals surface area contributed by atoms with E-state index in [0.717, 1.165) is 25.7 Å². The molecule has 18 heavy (non-hydrogen) atoms. The topological polar surface area (TPSA) is 62.0 Å². The smallest absolute Gasteiger partial charge is 0.256 e. The molecule has 1 aromatic heterocycles. The maximum atomic E-state index is 12.0. The molecule has 1 aromatic rings. The van der Waals surface area contributed by atoms with Gasteiger partial charge in [0.05, 0.1) is 0 Å². The first-order chi connectivity index (χ1) is 8.72. The highest BCUT2D eigenvalue weighted by Crippen LogP contribution is 2.25. The number of hydrogen-bond donors (Lipinski definition) is 2. The van der Waals surface area contributed by atoms with Gasteiger partial charge in [0.15, 0.2) is 5.43 Å². The molecule has 0 aliphatic heterocycles. The molecule has 2 atom stereocenters. The Morgan fingerprint density at radius 1 is 1.44 bits per heavy atom.